The van der Waals surface area contributed by atoms with Crippen LogP contribution in [0.3, 0.4) is 0 Å². The van der Waals surface area contributed by atoms with Gasteiger partial charge < -0.3 is 10.6 Å². The number of nitro benzene ring substituents is 1. The quantitative estimate of drug-likeness (QED) is 0.509. The standard InChI is InChI=1S/C12H11N5O2S/c1-8-6-7-13-11(14-8)16-12(20)15-9-2-4-10(5-3-9)17(18)19/h2-7H,1H3,(H2,13,14,15,16,20). The number of nitro groups is 1. The molecule has 7 nitrogen and oxygen atoms in total. The number of thiocarbonyl (C=S) groups is 1. The van der Waals surface area contributed by atoms with E-state index in [-0.39, 0.29) is 5.69 Å². The predicted molar refractivity (Wildman–Crippen MR) is 79.7 cm³/mol. The van der Waals surface area contributed by atoms with E-state index in [1.165, 1.54) is 12.1 Å². The molecule has 0 unspecified atom stereocenters. The molecule has 0 radical (unpaired) electrons. The summed E-state index contributed by atoms with van der Waals surface area (Å²) in [5, 5.41) is 16.6. The SMILES string of the molecule is Cc1ccnc(NC(=S)Nc2ccc([N+](=O)[O-])cc2)n1. The van der Waals surface area contributed by atoms with Crippen LogP contribution in [0.25, 0.3) is 0 Å². The van der Waals surface area contributed by atoms with Gasteiger partial charge in [-0.1, -0.05) is 0 Å². The molecule has 2 rings (SSSR count). The Morgan fingerprint density at radius 1 is 1.25 bits per heavy atom. The van der Waals surface area contributed by atoms with Crippen LogP contribution in [0.15, 0.2) is 36.5 Å². The number of benzene rings is 1. The number of nitrogens with zero attached hydrogens (tertiary/aromatic N) is 3. The fraction of sp³-hybridized carbons (Fsp3) is 0.0833. The molecule has 0 spiro atoms. The average molecular weight is 289 g/mol. The Morgan fingerprint density at radius 2 is 1.95 bits per heavy atom. The topological polar surface area (TPSA) is 93.0 Å². The second-order valence-corrected chi connectivity index (χ2v) is 4.31. The van der Waals surface area contributed by atoms with Crippen molar-refractivity contribution >= 4 is 34.7 Å². The number of anilines is 2. The van der Waals surface area contributed by atoms with Crippen molar-refractivity contribution in [3.63, 3.8) is 0 Å². The van der Waals surface area contributed by atoms with E-state index in [4.69, 9.17) is 12.2 Å². The summed E-state index contributed by atoms with van der Waals surface area (Å²) in [5.74, 6) is 0.393. The molecule has 1 aromatic heterocycles. The fourth-order valence-electron chi connectivity index (χ4n) is 1.44. The highest BCUT2D eigenvalue weighted by atomic mass is 32.1. The third kappa shape index (κ3) is 3.69. The van der Waals surface area contributed by atoms with Crippen molar-refractivity contribution in [2.75, 3.05) is 10.6 Å². The summed E-state index contributed by atoms with van der Waals surface area (Å²) in [6.07, 6.45) is 1.62. The molecule has 0 amide bonds. The minimum Gasteiger partial charge on any atom is -0.332 e. The van der Waals surface area contributed by atoms with Gasteiger partial charge in [0, 0.05) is 29.7 Å². The van der Waals surface area contributed by atoms with Gasteiger partial charge in [0.25, 0.3) is 5.69 Å². The lowest BCUT2D eigenvalue weighted by Gasteiger charge is -2.09. The van der Waals surface area contributed by atoms with Crippen molar-refractivity contribution in [2.45, 2.75) is 6.92 Å². The second kappa shape index (κ2) is 6.02. The van der Waals surface area contributed by atoms with E-state index in [1.807, 2.05) is 6.92 Å². The molecule has 1 aromatic carbocycles. The summed E-state index contributed by atoms with van der Waals surface area (Å²) < 4.78 is 0. The van der Waals surface area contributed by atoms with Gasteiger partial charge in [0.2, 0.25) is 5.95 Å². The molecular weight excluding hydrogens is 278 g/mol. The smallest absolute Gasteiger partial charge is 0.269 e. The largest absolute Gasteiger partial charge is 0.332 e. The van der Waals surface area contributed by atoms with Gasteiger partial charge in [-0.15, -0.1) is 0 Å². The molecule has 0 atom stereocenters. The minimum absolute atomic E-state index is 0.0245. The molecule has 0 saturated heterocycles. The van der Waals surface area contributed by atoms with Crippen LogP contribution in [0.5, 0.6) is 0 Å². The number of hydrogen-bond acceptors (Lipinski definition) is 5. The normalized spacial score (nSPS) is 9.85. The van der Waals surface area contributed by atoms with Gasteiger partial charge in [0.1, 0.15) is 0 Å². The molecule has 8 heteroatoms. The predicted octanol–water partition coefficient (Wildman–Crippen LogP) is 2.50. The van der Waals surface area contributed by atoms with Crippen LogP contribution in [0.2, 0.25) is 0 Å². The number of hydrogen-bond donors (Lipinski definition) is 2. The molecule has 1 heterocycles. The lowest BCUT2D eigenvalue weighted by atomic mass is 10.3. The first-order valence-electron chi connectivity index (χ1n) is 5.67. The maximum absolute atomic E-state index is 10.5. The molecule has 0 saturated carbocycles. The van der Waals surface area contributed by atoms with Crippen molar-refractivity contribution in [1.29, 1.82) is 0 Å². The number of aromatic nitrogens is 2. The van der Waals surface area contributed by atoms with Crippen LogP contribution in [0, 0.1) is 17.0 Å². The van der Waals surface area contributed by atoms with Crippen LogP contribution in [0.1, 0.15) is 5.69 Å². The molecule has 2 aromatic rings. The summed E-state index contributed by atoms with van der Waals surface area (Å²) >= 11 is 5.11. The first-order valence-corrected chi connectivity index (χ1v) is 6.07. The van der Waals surface area contributed by atoms with Crippen molar-refractivity contribution in [3.05, 3.63) is 52.3 Å². The van der Waals surface area contributed by atoms with Gasteiger partial charge in [-0.05, 0) is 37.3 Å². The molecule has 2 N–H and O–H groups in total. The summed E-state index contributed by atoms with van der Waals surface area (Å²) in [6.45, 7) is 1.85. The van der Waals surface area contributed by atoms with Gasteiger partial charge in [-0.25, -0.2) is 9.97 Å². The van der Waals surface area contributed by atoms with Gasteiger partial charge in [-0.3, -0.25) is 10.1 Å². The van der Waals surface area contributed by atoms with Gasteiger partial charge in [0.15, 0.2) is 5.11 Å². The van der Waals surface area contributed by atoms with E-state index in [2.05, 4.69) is 20.6 Å². The molecule has 102 valence electrons. The number of non-ortho nitro benzene ring substituents is 1. The number of aryl methyl sites for hydroxylation is 1. The molecule has 0 bridgehead atoms. The van der Waals surface area contributed by atoms with E-state index in [9.17, 15) is 10.1 Å². The zero-order valence-corrected chi connectivity index (χ0v) is 11.3. The minimum atomic E-state index is -0.457. The molecular formula is C12H11N5O2S. The Labute approximate surface area is 120 Å². The summed E-state index contributed by atoms with van der Waals surface area (Å²) in [6, 6.07) is 7.71. The summed E-state index contributed by atoms with van der Waals surface area (Å²) in [7, 11) is 0. The first kappa shape index (κ1) is 13.8. The summed E-state index contributed by atoms with van der Waals surface area (Å²) in [5.41, 5.74) is 1.48. The fourth-order valence-corrected chi connectivity index (χ4v) is 1.65. The molecule has 0 aliphatic carbocycles. The Hall–Kier alpha value is -2.61. The highest BCUT2D eigenvalue weighted by Crippen LogP contribution is 2.15. The van der Waals surface area contributed by atoms with E-state index < -0.39 is 4.92 Å². The Balaban J connectivity index is 1.99. The van der Waals surface area contributed by atoms with Crippen molar-refractivity contribution in [1.82, 2.24) is 9.97 Å². The highest BCUT2D eigenvalue weighted by molar-refractivity contribution is 7.80. The van der Waals surface area contributed by atoms with Crippen molar-refractivity contribution in [3.8, 4) is 0 Å². The monoisotopic (exact) mass is 289 g/mol. The Morgan fingerprint density at radius 3 is 2.55 bits per heavy atom. The maximum Gasteiger partial charge on any atom is 0.269 e. The molecule has 0 fully saturated rings. The highest BCUT2D eigenvalue weighted by Gasteiger charge is 2.05. The average Bonchev–Trinajstić information content (AvgIpc) is 2.39. The number of nitrogens with one attached hydrogen (secondary N) is 2. The van der Waals surface area contributed by atoms with E-state index in [0.717, 1.165) is 5.69 Å². The Bertz CT molecular complexity index is 645. The van der Waals surface area contributed by atoms with Gasteiger partial charge in [-0.2, -0.15) is 0 Å². The van der Waals surface area contributed by atoms with Crippen LogP contribution in [-0.2, 0) is 0 Å². The Kier molecular flexibility index (Phi) is 4.16. The van der Waals surface area contributed by atoms with E-state index in [1.54, 1.807) is 24.4 Å². The molecule has 0 aliphatic rings. The van der Waals surface area contributed by atoms with E-state index in [0.29, 0.717) is 16.7 Å². The number of rotatable bonds is 3. The van der Waals surface area contributed by atoms with Crippen LogP contribution in [-0.4, -0.2) is 20.0 Å². The van der Waals surface area contributed by atoms with Gasteiger partial charge >= 0.3 is 0 Å². The zero-order valence-electron chi connectivity index (χ0n) is 10.5. The van der Waals surface area contributed by atoms with Crippen molar-refractivity contribution < 1.29 is 4.92 Å². The van der Waals surface area contributed by atoms with Gasteiger partial charge in [0.05, 0.1) is 4.92 Å². The van der Waals surface area contributed by atoms with E-state index >= 15 is 0 Å². The molecule has 0 aliphatic heterocycles. The van der Waals surface area contributed by atoms with Crippen LogP contribution >= 0.6 is 12.2 Å². The lowest BCUT2D eigenvalue weighted by Crippen LogP contribution is -2.20. The summed E-state index contributed by atoms with van der Waals surface area (Å²) in [4.78, 5) is 18.3. The molecule has 20 heavy (non-hydrogen) atoms. The third-order valence-corrected chi connectivity index (χ3v) is 2.56. The third-order valence-electron chi connectivity index (χ3n) is 2.36. The second-order valence-electron chi connectivity index (χ2n) is 3.90. The zero-order chi connectivity index (χ0) is 14.5. The van der Waals surface area contributed by atoms with Crippen LogP contribution < -0.4 is 10.6 Å². The lowest BCUT2D eigenvalue weighted by molar-refractivity contribution is -0.384. The van der Waals surface area contributed by atoms with Crippen molar-refractivity contribution in [2.24, 2.45) is 0 Å². The van der Waals surface area contributed by atoms with Crippen LogP contribution in [0.4, 0.5) is 17.3 Å². The first-order chi connectivity index (χ1) is 9.54. The maximum atomic E-state index is 10.5.